The fraction of sp³-hybridized carbons (Fsp3) is 0.417. The van der Waals surface area contributed by atoms with Crippen LogP contribution in [0.15, 0.2) is 29.6 Å². The minimum atomic E-state index is -0.882. The maximum Gasteiger partial charge on any atom is 0.322 e. The molecule has 1 aliphatic carbocycles. The van der Waals surface area contributed by atoms with Crippen LogP contribution in [0.2, 0.25) is 0 Å². The van der Waals surface area contributed by atoms with Crippen molar-refractivity contribution in [3.8, 4) is 0 Å². The van der Waals surface area contributed by atoms with Crippen molar-refractivity contribution < 1.29 is 19.2 Å². The zero-order valence-corrected chi connectivity index (χ0v) is 19.2. The quantitative estimate of drug-likeness (QED) is 0.605. The minimum absolute atomic E-state index is 0.0250. The van der Waals surface area contributed by atoms with Crippen LogP contribution < -0.4 is 16.0 Å². The first-order chi connectivity index (χ1) is 15.9. The van der Waals surface area contributed by atoms with Gasteiger partial charge in [0, 0.05) is 35.1 Å². The van der Waals surface area contributed by atoms with Gasteiger partial charge >= 0.3 is 6.03 Å². The summed E-state index contributed by atoms with van der Waals surface area (Å²) in [6.07, 6.45) is 2.75. The Morgan fingerprint density at radius 1 is 1.18 bits per heavy atom. The van der Waals surface area contributed by atoms with Crippen LogP contribution in [0.3, 0.4) is 0 Å². The Bertz CT molecular complexity index is 1150. The van der Waals surface area contributed by atoms with Crippen molar-refractivity contribution in [2.24, 2.45) is 5.92 Å². The predicted molar refractivity (Wildman–Crippen MR) is 124 cm³/mol. The lowest BCUT2D eigenvalue weighted by molar-refractivity contribution is -0.128. The summed E-state index contributed by atoms with van der Waals surface area (Å²) in [4.78, 5) is 53.1. The van der Waals surface area contributed by atoms with E-state index in [2.05, 4.69) is 27.4 Å². The number of urea groups is 1. The van der Waals surface area contributed by atoms with Gasteiger partial charge in [-0.25, -0.2) is 4.79 Å². The fourth-order valence-corrected chi connectivity index (χ4v) is 5.97. The van der Waals surface area contributed by atoms with Crippen LogP contribution in [0, 0.1) is 12.8 Å². The van der Waals surface area contributed by atoms with Gasteiger partial charge in [-0.15, -0.1) is 11.3 Å². The highest BCUT2D eigenvalue weighted by molar-refractivity contribution is 7.10. The van der Waals surface area contributed by atoms with Crippen molar-refractivity contribution in [1.82, 2.24) is 15.5 Å². The number of anilines is 1. The topological polar surface area (TPSA) is 108 Å². The van der Waals surface area contributed by atoms with Crippen LogP contribution in [-0.4, -0.2) is 40.7 Å². The Morgan fingerprint density at radius 3 is 2.70 bits per heavy atom. The van der Waals surface area contributed by atoms with Crippen LogP contribution in [0.4, 0.5) is 10.5 Å². The Kier molecular flexibility index (Phi) is 5.44. The highest BCUT2D eigenvalue weighted by Gasteiger charge is 2.48. The van der Waals surface area contributed by atoms with Gasteiger partial charge in [-0.3, -0.25) is 19.7 Å². The first-order valence-corrected chi connectivity index (χ1v) is 12.1. The molecule has 8 nitrogen and oxygen atoms in total. The van der Waals surface area contributed by atoms with Gasteiger partial charge in [-0.2, -0.15) is 0 Å². The Hall–Kier alpha value is -3.20. The average molecular weight is 467 g/mol. The standard InChI is InChI=1S/C24H26N4O4S/c1-14-17(21(30)28-11-7-19-16(13-28)8-12-33-19)3-2-4-18(14)25-20(29)15-5-9-24(10-6-15)22(31)26-23(32)27-24/h2-4,8,12,15H,5-7,9-11,13H2,1H3,(H,25,29)(H2,26,27,31,32). The number of hydrogen-bond donors (Lipinski definition) is 3. The summed E-state index contributed by atoms with van der Waals surface area (Å²) in [7, 11) is 0. The van der Waals surface area contributed by atoms with E-state index in [0.717, 1.165) is 12.0 Å². The van der Waals surface area contributed by atoms with Crippen LogP contribution in [-0.2, 0) is 22.6 Å². The molecule has 3 N–H and O–H groups in total. The van der Waals surface area contributed by atoms with E-state index in [1.54, 1.807) is 17.4 Å². The van der Waals surface area contributed by atoms with Crippen molar-refractivity contribution >= 4 is 40.8 Å². The number of thiophene rings is 1. The number of nitrogens with zero attached hydrogens (tertiary/aromatic N) is 1. The van der Waals surface area contributed by atoms with E-state index in [-0.39, 0.29) is 23.6 Å². The molecule has 9 heteroatoms. The Morgan fingerprint density at radius 2 is 1.97 bits per heavy atom. The second kappa shape index (κ2) is 8.30. The van der Waals surface area contributed by atoms with Crippen molar-refractivity contribution in [2.45, 2.75) is 51.1 Å². The lowest BCUT2D eigenvalue weighted by Crippen LogP contribution is -2.50. The van der Waals surface area contributed by atoms with Crippen LogP contribution in [0.5, 0.6) is 0 Å². The molecule has 172 valence electrons. The number of amides is 5. The molecule has 0 radical (unpaired) electrons. The van der Waals surface area contributed by atoms with Gasteiger partial charge in [-0.05, 0) is 73.7 Å². The molecule has 33 heavy (non-hydrogen) atoms. The Labute approximate surface area is 195 Å². The third-order valence-corrected chi connectivity index (χ3v) is 8.16. The number of fused-ring (bicyclic) bond motifs is 1. The van der Waals surface area contributed by atoms with Crippen LogP contribution >= 0.6 is 11.3 Å². The van der Waals surface area contributed by atoms with Crippen LogP contribution in [0.1, 0.15) is 52.0 Å². The van der Waals surface area contributed by atoms with Gasteiger partial charge in [0.1, 0.15) is 5.54 Å². The van der Waals surface area contributed by atoms with Crippen molar-refractivity contribution in [3.05, 3.63) is 51.2 Å². The number of carbonyl (C=O) groups excluding carboxylic acids is 4. The largest absolute Gasteiger partial charge is 0.334 e. The maximum absolute atomic E-state index is 13.2. The maximum atomic E-state index is 13.2. The number of rotatable bonds is 3. The van der Waals surface area contributed by atoms with Crippen molar-refractivity contribution in [2.75, 3.05) is 11.9 Å². The first-order valence-electron chi connectivity index (χ1n) is 11.2. The van der Waals surface area contributed by atoms with Gasteiger partial charge in [0.15, 0.2) is 0 Å². The summed E-state index contributed by atoms with van der Waals surface area (Å²) in [5, 5.41) is 10.1. The summed E-state index contributed by atoms with van der Waals surface area (Å²) < 4.78 is 0. The number of hydrogen-bond acceptors (Lipinski definition) is 5. The molecule has 3 heterocycles. The average Bonchev–Trinajstić information content (AvgIpc) is 3.38. The molecule has 1 saturated carbocycles. The molecule has 3 aliphatic rings. The summed E-state index contributed by atoms with van der Waals surface area (Å²) in [6, 6.07) is 7.03. The second-order valence-corrected chi connectivity index (χ2v) is 10.1. The fourth-order valence-electron chi connectivity index (χ4n) is 5.08. The van der Waals surface area contributed by atoms with E-state index in [1.807, 2.05) is 24.0 Å². The zero-order valence-electron chi connectivity index (χ0n) is 18.4. The smallest absolute Gasteiger partial charge is 0.322 e. The molecule has 5 rings (SSSR count). The van der Waals surface area contributed by atoms with Crippen LogP contribution in [0.25, 0.3) is 0 Å². The van der Waals surface area contributed by atoms with Gasteiger partial charge < -0.3 is 15.5 Å². The zero-order chi connectivity index (χ0) is 23.2. The Balaban J connectivity index is 1.25. The molecule has 5 amide bonds. The third kappa shape index (κ3) is 3.90. The molecule has 0 atom stereocenters. The van der Waals surface area contributed by atoms with Crippen molar-refractivity contribution in [3.63, 3.8) is 0 Å². The van der Waals surface area contributed by atoms with Gasteiger partial charge in [0.05, 0.1) is 0 Å². The number of carbonyl (C=O) groups is 4. The van der Waals surface area contributed by atoms with Gasteiger partial charge in [0.25, 0.3) is 11.8 Å². The van der Waals surface area contributed by atoms with Gasteiger partial charge in [-0.1, -0.05) is 6.07 Å². The van der Waals surface area contributed by atoms with E-state index in [0.29, 0.717) is 50.0 Å². The molecular weight excluding hydrogens is 440 g/mol. The highest BCUT2D eigenvalue weighted by atomic mass is 32.1. The number of nitrogens with one attached hydrogen (secondary N) is 3. The lowest BCUT2D eigenvalue weighted by atomic mass is 9.76. The SMILES string of the molecule is Cc1c(NC(=O)C2CCC3(CC2)NC(=O)NC3=O)cccc1C(=O)N1CCc2sccc2C1. The number of imide groups is 1. The van der Waals surface area contributed by atoms with Gasteiger partial charge in [0.2, 0.25) is 5.91 Å². The van der Waals surface area contributed by atoms with E-state index in [1.165, 1.54) is 10.4 Å². The lowest BCUT2D eigenvalue weighted by Gasteiger charge is -2.34. The molecule has 1 aromatic carbocycles. The van der Waals surface area contributed by atoms with E-state index < -0.39 is 11.6 Å². The predicted octanol–water partition coefficient (Wildman–Crippen LogP) is 2.96. The summed E-state index contributed by atoms with van der Waals surface area (Å²) in [6.45, 7) is 3.16. The highest BCUT2D eigenvalue weighted by Crippen LogP contribution is 2.35. The minimum Gasteiger partial charge on any atom is -0.334 e. The molecule has 2 aromatic rings. The normalized spacial score (nSPS) is 24.3. The molecule has 1 spiro atoms. The first kappa shape index (κ1) is 21.6. The molecule has 1 aromatic heterocycles. The molecular formula is C24H26N4O4S. The van der Waals surface area contributed by atoms with E-state index in [4.69, 9.17) is 0 Å². The monoisotopic (exact) mass is 466 g/mol. The molecule has 0 unspecified atom stereocenters. The molecule has 2 fully saturated rings. The summed E-state index contributed by atoms with van der Waals surface area (Å²) in [5.41, 5.74) is 2.31. The van der Waals surface area contributed by atoms with Crippen molar-refractivity contribution in [1.29, 1.82) is 0 Å². The third-order valence-electron chi connectivity index (χ3n) is 7.14. The summed E-state index contributed by atoms with van der Waals surface area (Å²) in [5.74, 6) is -0.703. The summed E-state index contributed by atoms with van der Waals surface area (Å²) >= 11 is 1.74. The molecule has 0 bridgehead atoms. The number of benzene rings is 1. The molecule has 1 saturated heterocycles. The van der Waals surface area contributed by atoms with E-state index in [9.17, 15) is 19.2 Å². The second-order valence-electron chi connectivity index (χ2n) is 9.08. The molecule has 2 aliphatic heterocycles. The van der Waals surface area contributed by atoms with E-state index >= 15 is 0 Å².